The molecular weight excluding hydrogens is 322 g/mol. The maximum atomic E-state index is 13.2. The van der Waals surface area contributed by atoms with Crippen molar-refractivity contribution in [1.29, 1.82) is 0 Å². The number of methoxy groups -OCH3 is 1. The molecule has 1 aromatic carbocycles. The minimum absolute atomic E-state index is 0.00724. The largest absolute Gasteiger partial charge is 0.467 e. The van der Waals surface area contributed by atoms with E-state index in [0.717, 1.165) is 4.57 Å². The lowest BCUT2D eigenvalue weighted by molar-refractivity contribution is -0.156. The topological polar surface area (TPSA) is 75.2 Å². The van der Waals surface area contributed by atoms with Crippen LogP contribution in [0.1, 0.15) is 6.04 Å². The first-order valence-corrected chi connectivity index (χ1v) is 8.10. The fraction of sp³-hybridized carbons (Fsp3) is 0.278. The van der Waals surface area contributed by atoms with Crippen LogP contribution in [0, 0.1) is 11.8 Å². The van der Waals surface area contributed by atoms with Crippen molar-refractivity contribution in [3.05, 3.63) is 75.6 Å². The lowest BCUT2D eigenvalue weighted by Gasteiger charge is -2.53. The Morgan fingerprint density at radius 2 is 1.84 bits per heavy atom. The Morgan fingerprint density at radius 1 is 1.08 bits per heavy atom. The molecular formula is C18H15N3O4. The van der Waals surface area contributed by atoms with Crippen molar-refractivity contribution in [2.45, 2.75) is 11.6 Å². The van der Waals surface area contributed by atoms with Gasteiger partial charge in [0.1, 0.15) is 0 Å². The van der Waals surface area contributed by atoms with Crippen LogP contribution in [0.15, 0.2) is 64.2 Å². The van der Waals surface area contributed by atoms with Gasteiger partial charge in [-0.3, -0.25) is 0 Å². The van der Waals surface area contributed by atoms with Crippen molar-refractivity contribution in [1.82, 2.24) is 13.9 Å². The number of allylic oxidation sites excluding steroid dienone is 3. The quantitative estimate of drug-likeness (QED) is 0.594. The number of rotatable bonds is 2. The van der Waals surface area contributed by atoms with Crippen LogP contribution in [0.4, 0.5) is 0 Å². The van der Waals surface area contributed by atoms with Gasteiger partial charge >= 0.3 is 17.3 Å². The number of ether oxygens (including phenoxy) is 1. The summed E-state index contributed by atoms with van der Waals surface area (Å²) in [7, 11) is 1.30. The molecule has 1 aromatic heterocycles. The predicted molar refractivity (Wildman–Crippen MR) is 88.6 cm³/mol. The lowest BCUT2D eigenvalue weighted by Crippen LogP contribution is -2.64. The minimum Gasteiger partial charge on any atom is -0.467 e. The third-order valence-electron chi connectivity index (χ3n) is 5.54. The minimum atomic E-state index is -1.31. The predicted octanol–water partition coefficient (Wildman–Crippen LogP) is 0.596. The highest BCUT2D eigenvalue weighted by Gasteiger charge is 2.61. The molecule has 0 saturated carbocycles. The first-order chi connectivity index (χ1) is 12.1. The van der Waals surface area contributed by atoms with Gasteiger partial charge in [-0.1, -0.05) is 36.4 Å². The van der Waals surface area contributed by atoms with Gasteiger partial charge in [-0.25, -0.2) is 28.3 Å². The highest BCUT2D eigenvalue weighted by molar-refractivity contribution is 5.83. The van der Waals surface area contributed by atoms with Crippen LogP contribution < -0.4 is 11.4 Å². The van der Waals surface area contributed by atoms with E-state index in [0.29, 0.717) is 5.69 Å². The Labute approximate surface area is 142 Å². The average molecular weight is 337 g/mol. The zero-order valence-electron chi connectivity index (χ0n) is 13.4. The normalized spacial score (nSPS) is 30.5. The van der Waals surface area contributed by atoms with E-state index in [2.05, 4.69) is 0 Å². The van der Waals surface area contributed by atoms with Crippen LogP contribution in [0.25, 0.3) is 5.69 Å². The number of carbonyl (C=O) groups excluding carboxylic acids is 1. The fourth-order valence-corrected chi connectivity index (χ4v) is 4.36. The van der Waals surface area contributed by atoms with Gasteiger partial charge in [-0.2, -0.15) is 0 Å². The summed E-state index contributed by atoms with van der Waals surface area (Å²) < 4.78 is 8.81. The average Bonchev–Trinajstić information content (AvgIpc) is 2.87. The molecule has 7 nitrogen and oxygen atoms in total. The van der Waals surface area contributed by atoms with Gasteiger partial charge in [0.2, 0.25) is 0 Å². The van der Waals surface area contributed by atoms with Gasteiger partial charge in [0.05, 0.1) is 18.8 Å². The Bertz CT molecular complexity index is 1070. The van der Waals surface area contributed by atoms with E-state index in [1.54, 1.807) is 30.3 Å². The third kappa shape index (κ3) is 1.45. The molecule has 4 aliphatic rings. The monoisotopic (exact) mass is 337 g/mol. The van der Waals surface area contributed by atoms with Crippen LogP contribution >= 0.6 is 0 Å². The van der Waals surface area contributed by atoms with Crippen LogP contribution in [0.3, 0.4) is 0 Å². The Hall–Kier alpha value is -3.09. The van der Waals surface area contributed by atoms with Crippen LogP contribution in [0.5, 0.6) is 0 Å². The molecule has 0 spiro atoms. The SMILES string of the molecule is COC(=O)[C@]12C=C[C@@H]([C@H]3C=C[C@@H]31)n1c(=O)n(-c3ccccc3)c(=O)n12. The number of para-hydroxylation sites is 1. The van der Waals surface area contributed by atoms with Crippen molar-refractivity contribution < 1.29 is 9.53 Å². The maximum absolute atomic E-state index is 13.2. The molecule has 2 aromatic rings. The van der Waals surface area contributed by atoms with Crippen molar-refractivity contribution in [2.75, 3.05) is 7.11 Å². The molecule has 126 valence electrons. The van der Waals surface area contributed by atoms with E-state index in [9.17, 15) is 14.4 Å². The highest BCUT2D eigenvalue weighted by Crippen LogP contribution is 2.53. The smallest absolute Gasteiger partial charge is 0.353 e. The molecule has 2 bridgehead atoms. The molecule has 0 fully saturated rings. The second-order valence-corrected chi connectivity index (χ2v) is 6.55. The van der Waals surface area contributed by atoms with Crippen LogP contribution in [-0.2, 0) is 15.1 Å². The molecule has 0 amide bonds. The third-order valence-corrected chi connectivity index (χ3v) is 5.54. The molecule has 0 saturated heterocycles. The molecule has 4 atom stereocenters. The number of hydrogen-bond donors (Lipinski definition) is 0. The number of esters is 1. The molecule has 2 aliphatic heterocycles. The Morgan fingerprint density at radius 3 is 2.48 bits per heavy atom. The number of hydrogen-bond acceptors (Lipinski definition) is 4. The summed E-state index contributed by atoms with van der Waals surface area (Å²) >= 11 is 0. The van der Waals surface area contributed by atoms with Gasteiger partial charge < -0.3 is 4.74 Å². The molecule has 0 unspecified atom stereocenters. The first kappa shape index (κ1) is 14.3. The molecule has 2 aliphatic carbocycles. The molecule has 7 heteroatoms. The lowest BCUT2D eigenvalue weighted by atomic mass is 9.61. The number of carbonyl (C=O) groups is 1. The maximum Gasteiger partial charge on any atom is 0.353 e. The Balaban J connectivity index is 1.88. The van der Waals surface area contributed by atoms with Gasteiger partial charge in [0.15, 0.2) is 5.54 Å². The zero-order chi connectivity index (χ0) is 17.3. The summed E-state index contributed by atoms with van der Waals surface area (Å²) in [5.41, 5.74) is -1.81. The summed E-state index contributed by atoms with van der Waals surface area (Å²) in [6, 6.07) is 8.46. The van der Waals surface area contributed by atoms with Crippen molar-refractivity contribution >= 4 is 5.97 Å². The van der Waals surface area contributed by atoms with Gasteiger partial charge in [0, 0.05) is 11.8 Å². The fourth-order valence-electron chi connectivity index (χ4n) is 4.36. The van der Waals surface area contributed by atoms with Gasteiger partial charge in [-0.05, 0) is 18.2 Å². The second-order valence-electron chi connectivity index (χ2n) is 6.55. The number of nitrogens with zero attached hydrogens (tertiary/aromatic N) is 3. The van der Waals surface area contributed by atoms with Crippen molar-refractivity contribution in [3.8, 4) is 5.69 Å². The molecule has 0 N–H and O–H groups in total. The van der Waals surface area contributed by atoms with Crippen molar-refractivity contribution in [3.63, 3.8) is 0 Å². The first-order valence-electron chi connectivity index (χ1n) is 8.10. The number of aromatic nitrogens is 3. The summed E-state index contributed by atoms with van der Waals surface area (Å²) in [6.07, 6.45) is 7.44. The molecule has 25 heavy (non-hydrogen) atoms. The van der Waals surface area contributed by atoms with E-state index < -0.39 is 22.9 Å². The van der Waals surface area contributed by atoms with E-state index in [1.807, 2.05) is 24.3 Å². The summed E-state index contributed by atoms with van der Waals surface area (Å²) in [5, 5.41) is 0. The summed E-state index contributed by atoms with van der Waals surface area (Å²) in [4.78, 5) is 38.9. The van der Waals surface area contributed by atoms with Crippen molar-refractivity contribution in [2.24, 2.45) is 11.8 Å². The van der Waals surface area contributed by atoms with Gasteiger partial charge in [0.25, 0.3) is 0 Å². The Kier molecular flexibility index (Phi) is 2.57. The van der Waals surface area contributed by atoms with E-state index in [1.165, 1.54) is 16.5 Å². The number of benzene rings is 1. The second kappa shape index (κ2) is 4.50. The van der Waals surface area contributed by atoms with Gasteiger partial charge in [-0.15, -0.1) is 0 Å². The van der Waals surface area contributed by atoms with E-state index >= 15 is 0 Å². The molecule has 6 rings (SSSR count). The van der Waals surface area contributed by atoms with Crippen LogP contribution in [-0.4, -0.2) is 27.0 Å². The summed E-state index contributed by atoms with van der Waals surface area (Å²) in [6.45, 7) is 0. The summed E-state index contributed by atoms with van der Waals surface area (Å²) in [5.74, 6) is -0.714. The van der Waals surface area contributed by atoms with E-state index in [4.69, 9.17) is 4.74 Å². The van der Waals surface area contributed by atoms with Crippen LogP contribution in [0.2, 0.25) is 0 Å². The molecule has 3 heterocycles. The standard InChI is InChI=1S/C18H15N3O4/c1-25-15(22)18-10-9-14(12-7-8-13(12)18)20-16(23)19(17(24)21(18)20)11-5-3-2-4-6-11/h2-10,12-14H,1H3/t12-,13-,14-,18-/m0/s1. The zero-order valence-corrected chi connectivity index (χ0v) is 13.4. The molecule has 0 radical (unpaired) electrons. The van der Waals surface area contributed by atoms with E-state index in [-0.39, 0.29) is 17.9 Å². The highest BCUT2D eigenvalue weighted by atomic mass is 16.5.